The van der Waals surface area contributed by atoms with E-state index in [2.05, 4.69) is 10.6 Å². The first-order chi connectivity index (χ1) is 7.36. The van der Waals surface area contributed by atoms with Gasteiger partial charge in [-0.25, -0.2) is 0 Å². The van der Waals surface area contributed by atoms with E-state index >= 15 is 0 Å². The van der Waals surface area contributed by atoms with Gasteiger partial charge in [0.05, 0.1) is 10.9 Å². The summed E-state index contributed by atoms with van der Waals surface area (Å²) < 4.78 is 0. The van der Waals surface area contributed by atoms with Gasteiger partial charge in [0.2, 0.25) is 11.8 Å². The summed E-state index contributed by atoms with van der Waals surface area (Å²) in [6, 6.07) is 0. The van der Waals surface area contributed by atoms with Crippen molar-refractivity contribution < 1.29 is 9.59 Å². The molecule has 1 atom stereocenters. The molecule has 0 spiro atoms. The highest BCUT2D eigenvalue weighted by molar-refractivity contribution is 7.80. The van der Waals surface area contributed by atoms with Crippen LogP contribution in [0.15, 0.2) is 0 Å². The molecule has 92 valence electrons. The molecule has 0 aromatic carbocycles. The van der Waals surface area contributed by atoms with E-state index in [-0.39, 0.29) is 22.7 Å². The first-order valence-electron chi connectivity index (χ1n) is 5.17. The summed E-state index contributed by atoms with van der Waals surface area (Å²) >= 11 is 4.84. The average molecular weight is 245 g/mol. The summed E-state index contributed by atoms with van der Waals surface area (Å²) in [5, 5.41) is 5.26. The first-order valence-corrected chi connectivity index (χ1v) is 5.58. The van der Waals surface area contributed by atoms with Gasteiger partial charge in [0.1, 0.15) is 0 Å². The maximum absolute atomic E-state index is 11.7. The Hall–Kier alpha value is -1.17. The van der Waals surface area contributed by atoms with Crippen molar-refractivity contribution in [2.24, 2.45) is 17.6 Å². The van der Waals surface area contributed by atoms with Crippen LogP contribution in [-0.4, -0.2) is 29.9 Å². The van der Waals surface area contributed by atoms with E-state index in [9.17, 15) is 9.59 Å². The Morgan fingerprint density at radius 3 is 2.12 bits per heavy atom. The number of nitrogens with two attached hydrogens (primary N) is 1. The van der Waals surface area contributed by atoms with Crippen molar-refractivity contribution in [3.05, 3.63) is 0 Å². The lowest BCUT2D eigenvalue weighted by Gasteiger charge is -2.18. The molecule has 0 aliphatic rings. The Balaban J connectivity index is 4.03. The number of nitrogens with one attached hydrogen (secondary N) is 2. The minimum atomic E-state index is -0.452. The molecular weight excluding hydrogens is 226 g/mol. The second-order valence-electron chi connectivity index (χ2n) is 3.90. The quantitative estimate of drug-likeness (QED) is 0.447. The Morgan fingerprint density at radius 1 is 1.25 bits per heavy atom. The summed E-state index contributed by atoms with van der Waals surface area (Å²) in [7, 11) is 0. The number of thiocarbonyl (C=S) groups is 1. The lowest BCUT2D eigenvalue weighted by molar-refractivity contribution is -0.124. The molecule has 0 aliphatic carbocycles. The number of hydrogen-bond acceptors (Lipinski definition) is 3. The van der Waals surface area contributed by atoms with Crippen LogP contribution < -0.4 is 16.4 Å². The highest BCUT2D eigenvalue weighted by Gasteiger charge is 2.24. The Kier molecular flexibility index (Phi) is 6.64. The largest absolute Gasteiger partial charge is 0.393 e. The van der Waals surface area contributed by atoms with E-state index in [0.717, 1.165) is 0 Å². The summed E-state index contributed by atoms with van der Waals surface area (Å²) in [6.07, 6.45) is 0. The summed E-state index contributed by atoms with van der Waals surface area (Å²) in [6.45, 7) is 5.98. The van der Waals surface area contributed by atoms with Gasteiger partial charge in [0.25, 0.3) is 0 Å². The maximum Gasteiger partial charge on any atom is 0.230 e. The molecule has 0 aromatic heterocycles. The van der Waals surface area contributed by atoms with E-state index in [0.29, 0.717) is 13.1 Å². The van der Waals surface area contributed by atoms with Crippen LogP contribution in [0.2, 0.25) is 0 Å². The molecule has 0 saturated heterocycles. The van der Waals surface area contributed by atoms with Crippen LogP contribution in [0.5, 0.6) is 0 Å². The van der Waals surface area contributed by atoms with Crippen molar-refractivity contribution in [2.45, 2.75) is 20.8 Å². The van der Waals surface area contributed by atoms with Crippen LogP contribution in [0.4, 0.5) is 0 Å². The predicted octanol–water partition coefficient (Wildman–Crippen LogP) is -0.203. The van der Waals surface area contributed by atoms with Crippen molar-refractivity contribution >= 4 is 29.0 Å². The van der Waals surface area contributed by atoms with Gasteiger partial charge >= 0.3 is 0 Å². The lowest BCUT2D eigenvalue weighted by atomic mass is 9.95. The van der Waals surface area contributed by atoms with Crippen molar-refractivity contribution in [2.75, 3.05) is 13.1 Å². The molecule has 16 heavy (non-hydrogen) atoms. The minimum Gasteiger partial charge on any atom is -0.393 e. The smallest absolute Gasteiger partial charge is 0.230 e. The van der Waals surface area contributed by atoms with Gasteiger partial charge in [-0.05, 0) is 5.92 Å². The predicted molar refractivity (Wildman–Crippen MR) is 66.8 cm³/mol. The highest BCUT2D eigenvalue weighted by atomic mass is 32.1. The molecule has 0 fully saturated rings. The SMILES string of the molecule is CC(=O)NCCNC(=O)C(C(N)=S)C(C)C. The molecule has 0 heterocycles. The summed E-state index contributed by atoms with van der Waals surface area (Å²) in [5.41, 5.74) is 5.49. The zero-order valence-corrected chi connectivity index (χ0v) is 10.7. The fourth-order valence-corrected chi connectivity index (χ4v) is 1.67. The van der Waals surface area contributed by atoms with E-state index < -0.39 is 5.92 Å². The zero-order valence-electron chi connectivity index (χ0n) is 9.87. The lowest BCUT2D eigenvalue weighted by Crippen LogP contribution is -2.43. The molecule has 4 N–H and O–H groups in total. The number of rotatable bonds is 6. The van der Waals surface area contributed by atoms with Gasteiger partial charge in [-0.15, -0.1) is 0 Å². The molecule has 0 rings (SSSR count). The van der Waals surface area contributed by atoms with Crippen LogP contribution in [0.1, 0.15) is 20.8 Å². The van der Waals surface area contributed by atoms with Crippen molar-refractivity contribution in [3.63, 3.8) is 0 Å². The number of carbonyl (C=O) groups excluding carboxylic acids is 2. The third kappa shape index (κ3) is 5.65. The average Bonchev–Trinajstić information content (AvgIpc) is 2.10. The van der Waals surface area contributed by atoms with Crippen molar-refractivity contribution in [1.82, 2.24) is 10.6 Å². The van der Waals surface area contributed by atoms with Crippen LogP contribution in [-0.2, 0) is 9.59 Å². The summed E-state index contributed by atoms with van der Waals surface area (Å²) in [4.78, 5) is 22.5. The van der Waals surface area contributed by atoms with E-state index in [1.165, 1.54) is 6.92 Å². The van der Waals surface area contributed by atoms with Gasteiger partial charge in [-0.3, -0.25) is 9.59 Å². The number of hydrogen-bond donors (Lipinski definition) is 3. The third-order valence-electron chi connectivity index (χ3n) is 2.05. The zero-order chi connectivity index (χ0) is 12.7. The van der Waals surface area contributed by atoms with Gasteiger partial charge in [-0.2, -0.15) is 0 Å². The Morgan fingerprint density at radius 2 is 1.75 bits per heavy atom. The molecule has 0 aliphatic heterocycles. The monoisotopic (exact) mass is 245 g/mol. The van der Waals surface area contributed by atoms with E-state index in [1.54, 1.807) is 0 Å². The molecular formula is C10H19N3O2S. The first kappa shape index (κ1) is 14.8. The van der Waals surface area contributed by atoms with Gasteiger partial charge in [0, 0.05) is 20.0 Å². The second kappa shape index (κ2) is 7.16. The fourth-order valence-electron chi connectivity index (χ4n) is 1.29. The molecule has 0 radical (unpaired) electrons. The highest BCUT2D eigenvalue weighted by Crippen LogP contribution is 2.10. The molecule has 1 unspecified atom stereocenters. The third-order valence-corrected chi connectivity index (χ3v) is 2.31. The van der Waals surface area contributed by atoms with Crippen molar-refractivity contribution in [3.8, 4) is 0 Å². The van der Waals surface area contributed by atoms with E-state index in [4.69, 9.17) is 18.0 Å². The van der Waals surface area contributed by atoms with Crippen molar-refractivity contribution in [1.29, 1.82) is 0 Å². The molecule has 0 aromatic rings. The maximum atomic E-state index is 11.7. The Bertz CT molecular complexity index is 279. The summed E-state index contributed by atoms with van der Waals surface area (Å²) in [5.74, 6) is -0.692. The topological polar surface area (TPSA) is 84.2 Å². The number of carbonyl (C=O) groups is 2. The molecule has 6 heteroatoms. The molecule has 0 bridgehead atoms. The van der Waals surface area contributed by atoms with Gasteiger partial charge in [0.15, 0.2) is 0 Å². The molecule has 0 saturated carbocycles. The molecule has 5 nitrogen and oxygen atoms in total. The minimum absolute atomic E-state index is 0.0678. The fraction of sp³-hybridized carbons (Fsp3) is 0.700. The number of amides is 2. The molecule has 2 amide bonds. The van der Waals surface area contributed by atoms with E-state index in [1.807, 2.05) is 13.8 Å². The van der Waals surface area contributed by atoms with Crippen LogP contribution in [0.25, 0.3) is 0 Å². The Labute approximate surface area is 101 Å². The van der Waals surface area contributed by atoms with Gasteiger partial charge in [-0.1, -0.05) is 26.1 Å². The van der Waals surface area contributed by atoms with Crippen LogP contribution in [0.3, 0.4) is 0 Å². The standard InChI is InChI=1S/C10H19N3O2S/c1-6(2)8(9(11)16)10(15)13-5-4-12-7(3)14/h6,8H,4-5H2,1-3H3,(H2,11,16)(H,12,14)(H,13,15). The van der Waals surface area contributed by atoms with Gasteiger partial charge < -0.3 is 16.4 Å². The van der Waals surface area contributed by atoms with Crippen LogP contribution in [0, 0.1) is 11.8 Å². The normalized spacial score (nSPS) is 12.0. The van der Waals surface area contributed by atoms with Crippen LogP contribution >= 0.6 is 12.2 Å². The second-order valence-corrected chi connectivity index (χ2v) is 4.37.